The van der Waals surface area contributed by atoms with Crippen LogP contribution in [0.15, 0.2) is 54.6 Å². The second-order valence-corrected chi connectivity index (χ2v) is 5.30. The molecule has 0 saturated carbocycles. The van der Waals surface area contributed by atoms with Crippen molar-refractivity contribution in [2.24, 2.45) is 0 Å². The van der Waals surface area contributed by atoms with Crippen LogP contribution in [0, 0.1) is 5.82 Å². The second-order valence-electron chi connectivity index (χ2n) is 5.30. The average Bonchev–Trinajstić information content (AvgIpc) is 2.44. The zero-order valence-corrected chi connectivity index (χ0v) is 11.3. The highest BCUT2D eigenvalue weighted by Crippen LogP contribution is 2.32. The van der Waals surface area contributed by atoms with Gasteiger partial charge in [0.05, 0.1) is 6.61 Å². The molecule has 1 heterocycles. The van der Waals surface area contributed by atoms with Gasteiger partial charge in [0.2, 0.25) is 0 Å². The Morgan fingerprint density at radius 2 is 1.70 bits per heavy atom. The van der Waals surface area contributed by atoms with Gasteiger partial charge in [-0.15, -0.1) is 0 Å². The second kappa shape index (κ2) is 5.63. The SMILES string of the molecule is Fc1ccc(C2(CCOc3ccccc3)CNC2)cc1. The molecule has 0 spiro atoms. The van der Waals surface area contributed by atoms with E-state index in [0.717, 1.165) is 25.3 Å². The molecule has 2 nitrogen and oxygen atoms in total. The number of ether oxygens (including phenoxy) is 1. The van der Waals surface area contributed by atoms with Crippen molar-refractivity contribution in [2.45, 2.75) is 11.8 Å². The van der Waals surface area contributed by atoms with Crippen LogP contribution in [0.5, 0.6) is 5.75 Å². The van der Waals surface area contributed by atoms with Crippen LogP contribution >= 0.6 is 0 Å². The lowest BCUT2D eigenvalue weighted by Crippen LogP contribution is -2.57. The molecule has 0 bridgehead atoms. The fourth-order valence-electron chi connectivity index (χ4n) is 2.64. The lowest BCUT2D eigenvalue weighted by molar-refractivity contribution is 0.199. The molecule has 1 aliphatic heterocycles. The van der Waals surface area contributed by atoms with Gasteiger partial charge in [0.1, 0.15) is 11.6 Å². The van der Waals surface area contributed by atoms with E-state index in [2.05, 4.69) is 5.32 Å². The number of benzene rings is 2. The van der Waals surface area contributed by atoms with Gasteiger partial charge in [0.25, 0.3) is 0 Å². The van der Waals surface area contributed by atoms with Crippen LogP contribution in [0.25, 0.3) is 0 Å². The molecule has 1 saturated heterocycles. The molecule has 3 rings (SSSR count). The lowest BCUT2D eigenvalue weighted by Gasteiger charge is -2.43. The summed E-state index contributed by atoms with van der Waals surface area (Å²) in [6, 6.07) is 16.7. The Hall–Kier alpha value is -1.87. The zero-order chi connectivity index (χ0) is 13.8. The molecule has 3 heteroatoms. The summed E-state index contributed by atoms with van der Waals surface area (Å²) in [5.41, 5.74) is 1.27. The highest BCUT2D eigenvalue weighted by Gasteiger charge is 2.38. The summed E-state index contributed by atoms with van der Waals surface area (Å²) < 4.78 is 18.8. The molecule has 1 fully saturated rings. The molecule has 1 N–H and O–H groups in total. The fourth-order valence-corrected chi connectivity index (χ4v) is 2.64. The molecule has 2 aromatic carbocycles. The number of hydrogen-bond donors (Lipinski definition) is 1. The summed E-state index contributed by atoms with van der Waals surface area (Å²) in [6.07, 6.45) is 0.931. The molecule has 0 aromatic heterocycles. The molecule has 2 aromatic rings. The van der Waals surface area contributed by atoms with Gasteiger partial charge in [0.15, 0.2) is 0 Å². The maximum Gasteiger partial charge on any atom is 0.123 e. The van der Waals surface area contributed by atoms with Gasteiger partial charge in [0, 0.05) is 18.5 Å². The normalized spacial score (nSPS) is 16.4. The van der Waals surface area contributed by atoms with Crippen molar-refractivity contribution in [1.29, 1.82) is 0 Å². The van der Waals surface area contributed by atoms with E-state index in [1.165, 1.54) is 17.7 Å². The van der Waals surface area contributed by atoms with Gasteiger partial charge >= 0.3 is 0 Å². The highest BCUT2D eigenvalue weighted by atomic mass is 19.1. The minimum absolute atomic E-state index is 0.0858. The van der Waals surface area contributed by atoms with E-state index in [0.29, 0.717) is 6.61 Å². The maximum atomic E-state index is 13.0. The lowest BCUT2D eigenvalue weighted by atomic mass is 9.73. The molecule has 20 heavy (non-hydrogen) atoms. The Balaban J connectivity index is 1.63. The van der Waals surface area contributed by atoms with E-state index in [-0.39, 0.29) is 11.2 Å². The van der Waals surface area contributed by atoms with Crippen LogP contribution in [0.1, 0.15) is 12.0 Å². The van der Waals surface area contributed by atoms with Crippen molar-refractivity contribution >= 4 is 0 Å². The monoisotopic (exact) mass is 271 g/mol. The predicted octanol–water partition coefficient (Wildman–Crippen LogP) is 3.14. The molecular weight excluding hydrogens is 253 g/mol. The topological polar surface area (TPSA) is 21.3 Å². The third kappa shape index (κ3) is 2.68. The van der Waals surface area contributed by atoms with Gasteiger partial charge in [-0.25, -0.2) is 4.39 Å². The number of para-hydroxylation sites is 1. The third-order valence-corrected chi connectivity index (χ3v) is 3.98. The van der Waals surface area contributed by atoms with Crippen LogP contribution in [-0.4, -0.2) is 19.7 Å². The van der Waals surface area contributed by atoms with Gasteiger partial charge in [-0.2, -0.15) is 0 Å². The van der Waals surface area contributed by atoms with Crippen molar-refractivity contribution in [2.75, 3.05) is 19.7 Å². The number of halogens is 1. The smallest absolute Gasteiger partial charge is 0.123 e. The summed E-state index contributed by atoms with van der Waals surface area (Å²) in [6.45, 7) is 2.52. The minimum Gasteiger partial charge on any atom is -0.494 e. The van der Waals surface area contributed by atoms with Gasteiger partial charge in [-0.1, -0.05) is 30.3 Å². The Bertz CT molecular complexity index is 549. The fraction of sp³-hybridized carbons (Fsp3) is 0.294. The van der Waals surface area contributed by atoms with Gasteiger partial charge < -0.3 is 10.1 Å². The predicted molar refractivity (Wildman–Crippen MR) is 77.5 cm³/mol. The highest BCUT2D eigenvalue weighted by molar-refractivity contribution is 5.30. The summed E-state index contributed by atoms with van der Waals surface area (Å²) in [7, 11) is 0. The van der Waals surface area contributed by atoms with Crippen molar-refractivity contribution in [3.8, 4) is 5.75 Å². The minimum atomic E-state index is -0.184. The first kappa shape index (κ1) is 13.1. The van der Waals surface area contributed by atoms with Crippen molar-refractivity contribution < 1.29 is 9.13 Å². The van der Waals surface area contributed by atoms with Crippen LogP contribution < -0.4 is 10.1 Å². The first-order valence-electron chi connectivity index (χ1n) is 6.93. The molecule has 0 aliphatic carbocycles. The Morgan fingerprint density at radius 3 is 2.30 bits per heavy atom. The van der Waals surface area contributed by atoms with E-state index < -0.39 is 0 Å². The Morgan fingerprint density at radius 1 is 1.00 bits per heavy atom. The first-order chi connectivity index (χ1) is 9.78. The van der Waals surface area contributed by atoms with E-state index in [1.54, 1.807) is 0 Å². The first-order valence-corrected chi connectivity index (χ1v) is 6.93. The largest absolute Gasteiger partial charge is 0.494 e. The number of hydrogen-bond acceptors (Lipinski definition) is 2. The Kier molecular flexibility index (Phi) is 3.70. The average molecular weight is 271 g/mol. The summed E-state index contributed by atoms with van der Waals surface area (Å²) in [5, 5.41) is 3.31. The molecular formula is C17H18FNO. The quantitative estimate of drug-likeness (QED) is 0.902. The van der Waals surface area contributed by atoms with Crippen LogP contribution in [0.2, 0.25) is 0 Å². The molecule has 0 radical (unpaired) electrons. The van der Waals surface area contributed by atoms with Crippen molar-refractivity contribution in [3.63, 3.8) is 0 Å². The summed E-state index contributed by atoms with van der Waals surface area (Å²) >= 11 is 0. The third-order valence-electron chi connectivity index (χ3n) is 3.98. The van der Waals surface area contributed by atoms with E-state index in [9.17, 15) is 4.39 Å². The summed E-state index contributed by atoms with van der Waals surface area (Å²) in [5.74, 6) is 0.714. The van der Waals surface area contributed by atoms with E-state index in [1.807, 2.05) is 42.5 Å². The van der Waals surface area contributed by atoms with Crippen LogP contribution in [-0.2, 0) is 5.41 Å². The summed E-state index contributed by atoms with van der Waals surface area (Å²) in [4.78, 5) is 0. The molecule has 1 aliphatic rings. The van der Waals surface area contributed by atoms with E-state index in [4.69, 9.17) is 4.74 Å². The van der Waals surface area contributed by atoms with Gasteiger partial charge in [-0.3, -0.25) is 0 Å². The Labute approximate surface area is 118 Å². The molecule has 0 amide bonds. The maximum absolute atomic E-state index is 13.0. The van der Waals surface area contributed by atoms with Crippen LogP contribution in [0.3, 0.4) is 0 Å². The molecule has 104 valence electrons. The van der Waals surface area contributed by atoms with Gasteiger partial charge in [-0.05, 0) is 36.2 Å². The molecule has 0 unspecified atom stereocenters. The zero-order valence-electron chi connectivity index (χ0n) is 11.3. The van der Waals surface area contributed by atoms with Crippen LogP contribution in [0.4, 0.5) is 4.39 Å². The standard InChI is InChI=1S/C17H18FNO/c18-15-8-6-14(7-9-15)17(12-19-13-17)10-11-20-16-4-2-1-3-5-16/h1-9,19H,10-13H2. The van der Waals surface area contributed by atoms with Crippen molar-refractivity contribution in [1.82, 2.24) is 5.32 Å². The number of nitrogens with one attached hydrogen (secondary N) is 1. The van der Waals surface area contributed by atoms with Crippen molar-refractivity contribution in [3.05, 3.63) is 66.0 Å². The number of rotatable bonds is 5. The molecule has 0 atom stereocenters. The van der Waals surface area contributed by atoms with E-state index >= 15 is 0 Å².